The van der Waals surface area contributed by atoms with Gasteiger partial charge in [-0.25, -0.2) is 0 Å². The van der Waals surface area contributed by atoms with E-state index in [2.05, 4.69) is 10.6 Å². The van der Waals surface area contributed by atoms with Gasteiger partial charge in [-0.2, -0.15) is 0 Å². The molecule has 0 aliphatic heterocycles. The van der Waals surface area contributed by atoms with E-state index in [0.29, 0.717) is 24.2 Å². The summed E-state index contributed by atoms with van der Waals surface area (Å²) in [7, 11) is 0. The first-order valence-electron chi connectivity index (χ1n) is 6.95. The second-order valence-corrected chi connectivity index (χ2v) is 4.76. The highest BCUT2D eigenvalue weighted by Gasteiger charge is 2.14. The minimum absolute atomic E-state index is 0.0562. The number of carbonyl (C=O) groups excluding carboxylic acids is 2. The van der Waals surface area contributed by atoms with E-state index < -0.39 is 6.04 Å². The molecule has 5 heteroatoms. The van der Waals surface area contributed by atoms with Gasteiger partial charge in [-0.05, 0) is 31.0 Å². The highest BCUT2D eigenvalue weighted by molar-refractivity contribution is 5.97. The van der Waals surface area contributed by atoms with Gasteiger partial charge in [0.05, 0.1) is 6.04 Å². The number of amides is 2. The number of benzene rings is 1. The molecule has 1 aromatic carbocycles. The summed E-state index contributed by atoms with van der Waals surface area (Å²) in [5.41, 5.74) is 7.99. The molecule has 5 nitrogen and oxygen atoms in total. The molecule has 1 atom stereocenters. The Balaban J connectivity index is 2.83. The maximum absolute atomic E-state index is 11.9. The quantitative estimate of drug-likeness (QED) is 0.746. The maximum atomic E-state index is 11.9. The summed E-state index contributed by atoms with van der Waals surface area (Å²) in [6, 6.07) is 4.89. The summed E-state index contributed by atoms with van der Waals surface area (Å²) in [6.07, 6.45) is 1.93. The third-order valence-electron chi connectivity index (χ3n) is 3.12. The molecule has 1 rings (SSSR count). The van der Waals surface area contributed by atoms with E-state index >= 15 is 0 Å². The zero-order chi connectivity index (χ0) is 15.1. The van der Waals surface area contributed by atoms with E-state index in [1.54, 1.807) is 19.1 Å². The molecule has 0 unspecified atom stereocenters. The molecule has 4 N–H and O–H groups in total. The van der Waals surface area contributed by atoms with Crippen molar-refractivity contribution in [3.05, 3.63) is 23.8 Å². The van der Waals surface area contributed by atoms with Crippen LogP contribution in [-0.2, 0) is 9.59 Å². The standard InChI is InChI=1S/C15H23N3O2/c1-4-7-11(16)15(20)18-13-9-6-8-12(10(13)3)17-14(19)5-2/h6,8-9,11H,4-5,7,16H2,1-3H3,(H,17,19)(H,18,20)/t11-/m0/s1. The summed E-state index contributed by atoms with van der Waals surface area (Å²) < 4.78 is 0. The molecule has 0 radical (unpaired) electrons. The average Bonchev–Trinajstić information content (AvgIpc) is 2.43. The molecule has 0 aromatic heterocycles. The first-order chi connectivity index (χ1) is 9.49. The highest BCUT2D eigenvalue weighted by atomic mass is 16.2. The Morgan fingerprint density at radius 2 is 1.80 bits per heavy atom. The molecule has 20 heavy (non-hydrogen) atoms. The number of hydrogen-bond donors (Lipinski definition) is 3. The van der Waals surface area contributed by atoms with Crippen LogP contribution in [0.1, 0.15) is 38.7 Å². The van der Waals surface area contributed by atoms with E-state index in [4.69, 9.17) is 5.73 Å². The van der Waals surface area contributed by atoms with Crippen molar-refractivity contribution < 1.29 is 9.59 Å². The van der Waals surface area contributed by atoms with E-state index in [1.165, 1.54) is 0 Å². The number of rotatable bonds is 6. The highest BCUT2D eigenvalue weighted by Crippen LogP contribution is 2.23. The number of hydrogen-bond acceptors (Lipinski definition) is 3. The Kier molecular flexibility index (Phi) is 6.18. The third kappa shape index (κ3) is 4.35. The van der Waals surface area contributed by atoms with Gasteiger partial charge in [0, 0.05) is 17.8 Å². The van der Waals surface area contributed by atoms with Crippen molar-refractivity contribution in [3.63, 3.8) is 0 Å². The predicted molar refractivity (Wildman–Crippen MR) is 81.6 cm³/mol. The predicted octanol–water partition coefficient (Wildman–Crippen LogP) is 2.41. The van der Waals surface area contributed by atoms with Crippen molar-refractivity contribution in [1.82, 2.24) is 0 Å². The fourth-order valence-electron chi connectivity index (χ4n) is 1.81. The third-order valence-corrected chi connectivity index (χ3v) is 3.12. The van der Waals surface area contributed by atoms with Gasteiger partial charge in [-0.3, -0.25) is 9.59 Å². The van der Waals surface area contributed by atoms with Crippen molar-refractivity contribution in [2.75, 3.05) is 10.6 Å². The molecule has 1 aromatic rings. The van der Waals surface area contributed by atoms with Crippen molar-refractivity contribution in [3.8, 4) is 0 Å². The smallest absolute Gasteiger partial charge is 0.241 e. The molecular weight excluding hydrogens is 254 g/mol. The van der Waals surface area contributed by atoms with E-state index in [9.17, 15) is 9.59 Å². The Hall–Kier alpha value is -1.88. The molecule has 0 saturated carbocycles. The number of carbonyl (C=O) groups is 2. The summed E-state index contributed by atoms with van der Waals surface area (Å²) >= 11 is 0. The molecule has 0 spiro atoms. The zero-order valence-corrected chi connectivity index (χ0v) is 12.3. The molecule has 0 aliphatic carbocycles. The van der Waals surface area contributed by atoms with Gasteiger partial charge < -0.3 is 16.4 Å². The molecule has 0 aliphatic rings. The van der Waals surface area contributed by atoms with E-state index in [1.807, 2.05) is 19.9 Å². The molecule has 0 heterocycles. The van der Waals surface area contributed by atoms with Crippen LogP contribution in [0.15, 0.2) is 18.2 Å². The second-order valence-electron chi connectivity index (χ2n) is 4.76. The molecule has 0 bridgehead atoms. The first-order valence-corrected chi connectivity index (χ1v) is 6.95. The normalized spacial score (nSPS) is 11.8. The lowest BCUT2D eigenvalue weighted by atomic mass is 10.1. The fourth-order valence-corrected chi connectivity index (χ4v) is 1.81. The number of anilines is 2. The molecule has 2 amide bonds. The van der Waals surface area contributed by atoms with E-state index in [0.717, 1.165) is 12.0 Å². The van der Waals surface area contributed by atoms with Gasteiger partial charge in [0.1, 0.15) is 0 Å². The lowest BCUT2D eigenvalue weighted by molar-refractivity contribution is -0.117. The van der Waals surface area contributed by atoms with Crippen molar-refractivity contribution in [1.29, 1.82) is 0 Å². The maximum Gasteiger partial charge on any atom is 0.241 e. The van der Waals surface area contributed by atoms with Crippen molar-refractivity contribution in [2.45, 2.75) is 46.1 Å². The Morgan fingerprint density at radius 1 is 1.20 bits per heavy atom. The van der Waals surface area contributed by atoms with Crippen LogP contribution in [0.4, 0.5) is 11.4 Å². The lowest BCUT2D eigenvalue weighted by Gasteiger charge is -2.15. The van der Waals surface area contributed by atoms with Crippen molar-refractivity contribution in [2.24, 2.45) is 5.73 Å². The van der Waals surface area contributed by atoms with Crippen LogP contribution in [0, 0.1) is 6.92 Å². The molecule has 0 saturated heterocycles. The van der Waals surface area contributed by atoms with Gasteiger partial charge in [0.2, 0.25) is 11.8 Å². The Labute approximate surface area is 119 Å². The fraction of sp³-hybridized carbons (Fsp3) is 0.467. The molecule has 0 fully saturated rings. The summed E-state index contributed by atoms with van der Waals surface area (Å²) in [4.78, 5) is 23.4. The molecule has 110 valence electrons. The Bertz CT molecular complexity index is 486. The van der Waals surface area contributed by atoms with Crippen LogP contribution >= 0.6 is 0 Å². The van der Waals surface area contributed by atoms with Crippen molar-refractivity contribution >= 4 is 23.2 Å². The minimum Gasteiger partial charge on any atom is -0.326 e. The monoisotopic (exact) mass is 277 g/mol. The van der Waals surface area contributed by atoms with E-state index in [-0.39, 0.29) is 11.8 Å². The summed E-state index contributed by atoms with van der Waals surface area (Å²) in [6.45, 7) is 5.63. The topological polar surface area (TPSA) is 84.2 Å². The van der Waals surface area contributed by atoms with Crippen LogP contribution < -0.4 is 16.4 Å². The van der Waals surface area contributed by atoms with Gasteiger partial charge in [-0.1, -0.05) is 26.3 Å². The summed E-state index contributed by atoms with van der Waals surface area (Å²) in [5.74, 6) is -0.256. The SMILES string of the molecule is CCC[C@H](N)C(=O)Nc1cccc(NC(=O)CC)c1C. The van der Waals surface area contributed by atoms with Gasteiger partial charge in [-0.15, -0.1) is 0 Å². The minimum atomic E-state index is -0.506. The number of nitrogens with two attached hydrogens (primary N) is 1. The van der Waals surface area contributed by atoms with Gasteiger partial charge in [0.25, 0.3) is 0 Å². The number of nitrogens with one attached hydrogen (secondary N) is 2. The summed E-state index contributed by atoms with van der Waals surface area (Å²) in [5, 5.41) is 5.62. The van der Waals surface area contributed by atoms with Crippen LogP contribution in [0.25, 0.3) is 0 Å². The van der Waals surface area contributed by atoms with Crippen LogP contribution in [-0.4, -0.2) is 17.9 Å². The second kappa shape index (κ2) is 7.65. The lowest BCUT2D eigenvalue weighted by Crippen LogP contribution is -2.35. The van der Waals surface area contributed by atoms with Crippen LogP contribution in [0.2, 0.25) is 0 Å². The van der Waals surface area contributed by atoms with Crippen LogP contribution in [0.3, 0.4) is 0 Å². The van der Waals surface area contributed by atoms with Gasteiger partial charge in [0.15, 0.2) is 0 Å². The molecular formula is C15H23N3O2. The largest absolute Gasteiger partial charge is 0.326 e. The van der Waals surface area contributed by atoms with Gasteiger partial charge >= 0.3 is 0 Å². The first kappa shape index (κ1) is 16.2. The van der Waals surface area contributed by atoms with Crippen LogP contribution in [0.5, 0.6) is 0 Å². The Morgan fingerprint density at radius 3 is 2.35 bits per heavy atom. The zero-order valence-electron chi connectivity index (χ0n) is 12.3. The average molecular weight is 277 g/mol.